The summed E-state index contributed by atoms with van der Waals surface area (Å²) in [5.74, 6) is 0.842. The first-order valence-corrected chi connectivity index (χ1v) is 8.75. The summed E-state index contributed by atoms with van der Waals surface area (Å²) >= 11 is 3.41. The van der Waals surface area contributed by atoms with Crippen molar-refractivity contribution in [3.8, 4) is 0 Å². The minimum Gasteiger partial charge on any atom is -0.391 e. The van der Waals surface area contributed by atoms with Crippen molar-refractivity contribution in [2.45, 2.75) is 31.9 Å². The number of rotatable bonds is 4. The van der Waals surface area contributed by atoms with Crippen molar-refractivity contribution < 1.29 is 9.90 Å². The SMILES string of the molecule is O=C(C[C@@H]1CNC[C@H]1O)N1CCC(Cn2cc(Br)cn2)CC1. The van der Waals surface area contributed by atoms with Gasteiger partial charge in [-0.25, -0.2) is 0 Å². The molecule has 2 atom stereocenters. The zero-order valence-electron chi connectivity index (χ0n) is 12.6. The summed E-state index contributed by atoms with van der Waals surface area (Å²) in [4.78, 5) is 14.3. The minimum absolute atomic E-state index is 0.0756. The first kappa shape index (κ1) is 16.0. The molecule has 0 spiro atoms. The summed E-state index contributed by atoms with van der Waals surface area (Å²) in [5.41, 5.74) is 0. The lowest BCUT2D eigenvalue weighted by Gasteiger charge is -2.32. The molecular formula is C15H23BrN4O2. The Morgan fingerprint density at radius 2 is 2.18 bits per heavy atom. The monoisotopic (exact) mass is 370 g/mol. The number of carbonyl (C=O) groups excluding carboxylic acids is 1. The molecule has 2 N–H and O–H groups in total. The predicted molar refractivity (Wildman–Crippen MR) is 86.2 cm³/mol. The second kappa shape index (κ2) is 7.10. The summed E-state index contributed by atoms with van der Waals surface area (Å²) in [6.45, 7) is 3.92. The van der Waals surface area contributed by atoms with Gasteiger partial charge in [0.05, 0.1) is 16.8 Å². The van der Waals surface area contributed by atoms with Gasteiger partial charge in [0.2, 0.25) is 5.91 Å². The van der Waals surface area contributed by atoms with Crippen LogP contribution in [0.2, 0.25) is 0 Å². The van der Waals surface area contributed by atoms with Gasteiger partial charge in [-0.05, 0) is 34.7 Å². The fourth-order valence-corrected chi connectivity index (χ4v) is 3.68. The summed E-state index contributed by atoms with van der Waals surface area (Å²) in [5, 5.41) is 17.2. The zero-order valence-corrected chi connectivity index (χ0v) is 14.2. The predicted octanol–water partition coefficient (Wildman–Crippen LogP) is 0.855. The molecule has 3 heterocycles. The molecule has 0 aromatic carbocycles. The third kappa shape index (κ3) is 3.88. The van der Waals surface area contributed by atoms with Crippen LogP contribution in [0.3, 0.4) is 0 Å². The van der Waals surface area contributed by atoms with E-state index in [1.54, 1.807) is 6.20 Å². The highest BCUT2D eigenvalue weighted by Gasteiger charge is 2.30. The van der Waals surface area contributed by atoms with Gasteiger partial charge in [0.1, 0.15) is 0 Å². The quantitative estimate of drug-likeness (QED) is 0.824. The van der Waals surface area contributed by atoms with Gasteiger partial charge in [-0.2, -0.15) is 5.10 Å². The van der Waals surface area contributed by atoms with Crippen molar-refractivity contribution in [2.24, 2.45) is 11.8 Å². The Morgan fingerprint density at radius 1 is 1.41 bits per heavy atom. The fraction of sp³-hybridized carbons (Fsp3) is 0.733. The van der Waals surface area contributed by atoms with Crippen molar-refractivity contribution in [3.05, 3.63) is 16.9 Å². The van der Waals surface area contributed by atoms with Crippen LogP contribution in [-0.2, 0) is 11.3 Å². The van der Waals surface area contributed by atoms with Crippen LogP contribution in [-0.4, -0.2) is 58.0 Å². The molecule has 7 heteroatoms. The highest BCUT2D eigenvalue weighted by molar-refractivity contribution is 9.10. The Bertz CT molecular complexity index is 513. The highest BCUT2D eigenvalue weighted by atomic mass is 79.9. The standard InChI is InChI=1S/C15H23BrN4O2/c16-13-7-18-20(10-13)9-11-1-3-19(4-2-11)15(22)5-12-6-17-8-14(12)21/h7,10-12,14,17,21H,1-6,8-9H2/t12-,14-/m1/s1. The number of β-amino-alcohol motifs (C(OH)–C–C–N with tert-alkyl or cyclic N) is 1. The highest BCUT2D eigenvalue weighted by Crippen LogP contribution is 2.22. The number of piperidine rings is 1. The Balaban J connectivity index is 1.44. The molecule has 0 unspecified atom stereocenters. The number of aliphatic hydroxyl groups is 1. The average Bonchev–Trinajstić information content (AvgIpc) is 3.09. The van der Waals surface area contributed by atoms with Crippen molar-refractivity contribution in [1.29, 1.82) is 0 Å². The van der Waals surface area contributed by atoms with E-state index >= 15 is 0 Å². The van der Waals surface area contributed by atoms with Crippen LogP contribution >= 0.6 is 15.9 Å². The molecule has 6 nitrogen and oxygen atoms in total. The van der Waals surface area contributed by atoms with Gasteiger partial charge in [0, 0.05) is 51.3 Å². The van der Waals surface area contributed by atoms with E-state index in [1.165, 1.54) is 0 Å². The van der Waals surface area contributed by atoms with E-state index < -0.39 is 0 Å². The van der Waals surface area contributed by atoms with Crippen LogP contribution < -0.4 is 5.32 Å². The topological polar surface area (TPSA) is 70.4 Å². The molecule has 2 saturated heterocycles. The van der Waals surface area contributed by atoms with E-state index in [0.717, 1.165) is 43.5 Å². The number of amides is 1. The van der Waals surface area contributed by atoms with Crippen LogP contribution in [0, 0.1) is 11.8 Å². The van der Waals surface area contributed by atoms with E-state index in [-0.39, 0.29) is 17.9 Å². The molecule has 2 aliphatic heterocycles. The molecule has 0 saturated carbocycles. The molecule has 2 fully saturated rings. The number of nitrogens with zero attached hydrogens (tertiary/aromatic N) is 3. The molecular weight excluding hydrogens is 348 g/mol. The third-order valence-corrected chi connectivity index (χ3v) is 5.16. The summed E-state index contributed by atoms with van der Waals surface area (Å²) in [7, 11) is 0. The lowest BCUT2D eigenvalue weighted by molar-refractivity contribution is -0.134. The van der Waals surface area contributed by atoms with Gasteiger partial charge in [-0.15, -0.1) is 0 Å². The summed E-state index contributed by atoms with van der Waals surface area (Å²) in [6.07, 6.45) is 5.93. The first-order chi connectivity index (χ1) is 10.6. The van der Waals surface area contributed by atoms with Gasteiger partial charge in [0.25, 0.3) is 0 Å². The van der Waals surface area contributed by atoms with Crippen molar-refractivity contribution in [2.75, 3.05) is 26.2 Å². The third-order valence-electron chi connectivity index (χ3n) is 4.76. The number of carbonyl (C=O) groups is 1. The van der Waals surface area contributed by atoms with E-state index in [0.29, 0.717) is 18.9 Å². The number of hydrogen-bond acceptors (Lipinski definition) is 4. The molecule has 3 rings (SSSR count). The number of aliphatic hydroxyl groups excluding tert-OH is 1. The largest absolute Gasteiger partial charge is 0.391 e. The van der Waals surface area contributed by atoms with E-state index in [9.17, 15) is 9.90 Å². The minimum atomic E-state index is -0.375. The average molecular weight is 371 g/mol. The van der Waals surface area contributed by atoms with Gasteiger partial charge < -0.3 is 15.3 Å². The number of aromatic nitrogens is 2. The molecule has 2 aliphatic rings. The smallest absolute Gasteiger partial charge is 0.222 e. The molecule has 1 amide bonds. The van der Waals surface area contributed by atoms with Crippen molar-refractivity contribution in [3.63, 3.8) is 0 Å². The lowest BCUT2D eigenvalue weighted by atomic mass is 9.95. The zero-order chi connectivity index (χ0) is 15.5. The summed E-state index contributed by atoms with van der Waals surface area (Å²) in [6, 6.07) is 0. The Morgan fingerprint density at radius 3 is 2.77 bits per heavy atom. The molecule has 0 aliphatic carbocycles. The molecule has 1 aromatic rings. The number of halogens is 1. The van der Waals surface area contributed by atoms with Gasteiger partial charge in [-0.1, -0.05) is 0 Å². The number of likely N-dealkylation sites (tertiary alicyclic amines) is 1. The normalized spacial score (nSPS) is 26.5. The van der Waals surface area contributed by atoms with Gasteiger partial charge in [-0.3, -0.25) is 9.48 Å². The van der Waals surface area contributed by atoms with E-state index in [1.807, 2.05) is 15.8 Å². The molecule has 1 aromatic heterocycles. The fourth-order valence-electron chi connectivity index (χ4n) is 3.35. The van der Waals surface area contributed by atoms with Crippen molar-refractivity contribution >= 4 is 21.8 Å². The Hall–Kier alpha value is -0.920. The Kier molecular flexibility index (Phi) is 5.15. The Labute approximate surface area is 139 Å². The van der Waals surface area contributed by atoms with Crippen LogP contribution in [0.1, 0.15) is 19.3 Å². The molecule has 122 valence electrons. The number of nitrogens with one attached hydrogen (secondary N) is 1. The van der Waals surface area contributed by atoms with E-state index in [4.69, 9.17) is 0 Å². The van der Waals surface area contributed by atoms with Crippen LogP contribution in [0.15, 0.2) is 16.9 Å². The number of hydrogen-bond donors (Lipinski definition) is 2. The lowest BCUT2D eigenvalue weighted by Crippen LogP contribution is -2.40. The van der Waals surface area contributed by atoms with Crippen LogP contribution in [0.4, 0.5) is 0 Å². The van der Waals surface area contributed by atoms with Gasteiger partial charge >= 0.3 is 0 Å². The maximum Gasteiger partial charge on any atom is 0.222 e. The molecule has 22 heavy (non-hydrogen) atoms. The van der Waals surface area contributed by atoms with Crippen LogP contribution in [0.5, 0.6) is 0 Å². The van der Waals surface area contributed by atoms with Crippen LogP contribution in [0.25, 0.3) is 0 Å². The molecule has 0 bridgehead atoms. The maximum atomic E-state index is 12.3. The molecule has 0 radical (unpaired) electrons. The van der Waals surface area contributed by atoms with Crippen molar-refractivity contribution in [1.82, 2.24) is 20.0 Å². The summed E-state index contributed by atoms with van der Waals surface area (Å²) < 4.78 is 2.97. The second-order valence-electron chi connectivity index (χ2n) is 6.39. The maximum absolute atomic E-state index is 12.3. The first-order valence-electron chi connectivity index (χ1n) is 7.96. The second-order valence-corrected chi connectivity index (χ2v) is 7.31. The van der Waals surface area contributed by atoms with E-state index in [2.05, 4.69) is 26.3 Å². The van der Waals surface area contributed by atoms with Gasteiger partial charge in [0.15, 0.2) is 0 Å².